The van der Waals surface area contributed by atoms with Crippen LogP contribution >= 0.6 is 0 Å². The van der Waals surface area contributed by atoms with E-state index in [1.807, 2.05) is 13.1 Å². The fourth-order valence-electron chi connectivity index (χ4n) is 2.58. The van der Waals surface area contributed by atoms with Crippen molar-refractivity contribution in [1.29, 1.82) is 0 Å². The zero-order chi connectivity index (χ0) is 18.9. The summed E-state index contributed by atoms with van der Waals surface area (Å²) in [5, 5.41) is 0. The molecular formula is C21H37NO3. The molecule has 1 aliphatic rings. The number of aromatic nitrogens is 1. The monoisotopic (exact) mass is 351 g/mol. The third kappa shape index (κ3) is 6.59. The van der Waals surface area contributed by atoms with Gasteiger partial charge in [0.1, 0.15) is 5.60 Å². The Morgan fingerprint density at radius 3 is 2.32 bits per heavy atom. The van der Waals surface area contributed by atoms with Crippen LogP contribution < -0.4 is 4.74 Å². The van der Waals surface area contributed by atoms with Gasteiger partial charge in [0, 0.05) is 18.4 Å². The Bertz CT molecular complexity index is 498. The second-order valence-electron chi connectivity index (χ2n) is 7.39. The minimum Gasteiger partial charge on any atom is -0.481 e. The maximum Gasteiger partial charge on any atom is 0.215 e. The van der Waals surface area contributed by atoms with E-state index in [9.17, 15) is 0 Å². The summed E-state index contributed by atoms with van der Waals surface area (Å²) in [7, 11) is 1.64. The number of methoxy groups -OCH3 is 1. The maximum absolute atomic E-state index is 5.97. The fourth-order valence-corrected chi connectivity index (χ4v) is 2.58. The van der Waals surface area contributed by atoms with Gasteiger partial charge in [-0.3, -0.25) is 0 Å². The van der Waals surface area contributed by atoms with Crippen LogP contribution in [-0.4, -0.2) is 37.5 Å². The van der Waals surface area contributed by atoms with Crippen molar-refractivity contribution < 1.29 is 14.2 Å². The molecule has 2 heterocycles. The van der Waals surface area contributed by atoms with Gasteiger partial charge in [-0.2, -0.15) is 0 Å². The molecule has 144 valence electrons. The Morgan fingerprint density at radius 2 is 1.92 bits per heavy atom. The molecule has 4 nitrogen and oxygen atoms in total. The topological polar surface area (TPSA) is 40.6 Å². The van der Waals surface area contributed by atoms with Gasteiger partial charge in [0.15, 0.2) is 0 Å². The highest BCUT2D eigenvalue weighted by Gasteiger charge is 2.42. The lowest BCUT2D eigenvalue weighted by molar-refractivity contribution is -0.231. The minimum atomic E-state index is 0.0352. The van der Waals surface area contributed by atoms with Crippen molar-refractivity contribution in [3.63, 3.8) is 0 Å². The van der Waals surface area contributed by atoms with Gasteiger partial charge in [-0.15, -0.1) is 0 Å². The van der Waals surface area contributed by atoms with E-state index in [1.54, 1.807) is 7.11 Å². The highest BCUT2D eigenvalue weighted by Crippen LogP contribution is 2.30. The molecule has 0 amide bonds. The first-order valence-corrected chi connectivity index (χ1v) is 9.59. The van der Waals surface area contributed by atoms with E-state index < -0.39 is 0 Å². The molecule has 1 aliphatic heterocycles. The molecule has 4 heteroatoms. The van der Waals surface area contributed by atoms with E-state index in [2.05, 4.69) is 45.7 Å². The van der Waals surface area contributed by atoms with Crippen LogP contribution in [0.5, 0.6) is 5.88 Å². The number of aryl methyl sites for hydroxylation is 2. The van der Waals surface area contributed by atoms with Gasteiger partial charge in [0.25, 0.3) is 0 Å². The molecule has 1 fully saturated rings. The highest BCUT2D eigenvalue weighted by molar-refractivity contribution is 5.28. The molecule has 1 atom stereocenters. The van der Waals surface area contributed by atoms with Crippen molar-refractivity contribution >= 4 is 0 Å². The number of hydrogen-bond donors (Lipinski definition) is 0. The molecule has 0 bridgehead atoms. The van der Waals surface area contributed by atoms with Crippen molar-refractivity contribution in [1.82, 2.24) is 4.98 Å². The molecule has 1 saturated heterocycles. The number of ether oxygens (including phenoxy) is 3. The lowest BCUT2D eigenvalue weighted by Crippen LogP contribution is -2.56. The Labute approximate surface area is 154 Å². The summed E-state index contributed by atoms with van der Waals surface area (Å²) in [6, 6.07) is 2.10. The quantitative estimate of drug-likeness (QED) is 0.673. The van der Waals surface area contributed by atoms with Gasteiger partial charge in [0.2, 0.25) is 5.88 Å². The van der Waals surface area contributed by atoms with E-state index in [1.165, 1.54) is 18.4 Å². The fraction of sp³-hybridized carbons (Fsp3) is 0.762. The predicted octanol–water partition coefficient (Wildman–Crippen LogP) is 4.83. The molecule has 0 aromatic carbocycles. The third-order valence-corrected chi connectivity index (χ3v) is 5.13. The van der Waals surface area contributed by atoms with Crippen LogP contribution in [0.25, 0.3) is 0 Å². The first-order chi connectivity index (χ1) is 11.9. The summed E-state index contributed by atoms with van der Waals surface area (Å²) in [5.74, 6) is 2.07. The lowest BCUT2D eigenvalue weighted by atomic mass is 9.88. The standard InChI is InChI=1S/C12H24O2.C9H13NO/c1-5-11(4)6-7-14-12(10(2)3)8-13-9-12;1-4-8-5-7(2)9(11-3)10-6-8/h10-11H,5-9H2,1-4H3;5-6H,4H2,1-3H3. The van der Waals surface area contributed by atoms with Gasteiger partial charge in [0.05, 0.1) is 20.3 Å². The van der Waals surface area contributed by atoms with Crippen molar-refractivity contribution in [2.75, 3.05) is 26.9 Å². The molecule has 1 aromatic heterocycles. The third-order valence-electron chi connectivity index (χ3n) is 5.13. The summed E-state index contributed by atoms with van der Waals surface area (Å²) in [5.41, 5.74) is 2.39. The van der Waals surface area contributed by atoms with Crippen LogP contribution in [0.2, 0.25) is 0 Å². The SMILES string of the molecule is CCC(C)CCOC1(C(C)C)COC1.CCc1cnc(OC)c(C)c1. The zero-order valence-corrected chi connectivity index (χ0v) is 17.2. The second-order valence-corrected chi connectivity index (χ2v) is 7.39. The molecule has 0 saturated carbocycles. The average molecular weight is 352 g/mol. The summed E-state index contributed by atoms with van der Waals surface area (Å²) >= 11 is 0. The van der Waals surface area contributed by atoms with Crippen LogP contribution in [0.15, 0.2) is 12.3 Å². The van der Waals surface area contributed by atoms with E-state index in [0.29, 0.717) is 5.92 Å². The molecule has 2 rings (SSSR count). The summed E-state index contributed by atoms with van der Waals surface area (Å²) in [6.07, 6.45) is 5.29. The summed E-state index contributed by atoms with van der Waals surface area (Å²) < 4.78 is 16.3. The van der Waals surface area contributed by atoms with Crippen LogP contribution in [0.4, 0.5) is 0 Å². The zero-order valence-electron chi connectivity index (χ0n) is 17.2. The Hall–Kier alpha value is -1.13. The molecular weight excluding hydrogens is 314 g/mol. The predicted molar refractivity (Wildman–Crippen MR) is 103 cm³/mol. The van der Waals surface area contributed by atoms with Crippen molar-refractivity contribution in [3.05, 3.63) is 23.4 Å². The van der Waals surface area contributed by atoms with Gasteiger partial charge in [-0.25, -0.2) is 4.98 Å². The molecule has 0 spiro atoms. The smallest absolute Gasteiger partial charge is 0.215 e. The van der Waals surface area contributed by atoms with Gasteiger partial charge >= 0.3 is 0 Å². The van der Waals surface area contributed by atoms with Crippen molar-refractivity contribution in [2.45, 2.75) is 66.4 Å². The Kier molecular flexibility index (Phi) is 9.44. The molecule has 0 radical (unpaired) electrons. The molecule has 0 aliphatic carbocycles. The molecule has 25 heavy (non-hydrogen) atoms. The van der Waals surface area contributed by atoms with Gasteiger partial charge < -0.3 is 14.2 Å². The van der Waals surface area contributed by atoms with Crippen molar-refractivity contribution in [2.24, 2.45) is 11.8 Å². The Morgan fingerprint density at radius 1 is 1.24 bits per heavy atom. The maximum atomic E-state index is 5.97. The van der Waals surface area contributed by atoms with Crippen LogP contribution in [0.3, 0.4) is 0 Å². The first-order valence-electron chi connectivity index (χ1n) is 9.59. The lowest BCUT2D eigenvalue weighted by Gasteiger charge is -2.44. The number of pyridine rings is 1. The van der Waals surface area contributed by atoms with E-state index >= 15 is 0 Å². The van der Waals surface area contributed by atoms with E-state index in [-0.39, 0.29) is 5.60 Å². The van der Waals surface area contributed by atoms with Gasteiger partial charge in [-0.05, 0) is 43.2 Å². The largest absolute Gasteiger partial charge is 0.481 e. The molecule has 1 aromatic rings. The highest BCUT2D eigenvalue weighted by atomic mass is 16.6. The van der Waals surface area contributed by atoms with Gasteiger partial charge in [-0.1, -0.05) is 41.0 Å². The number of nitrogens with zero attached hydrogens (tertiary/aromatic N) is 1. The van der Waals surface area contributed by atoms with Crippen LogP contribution in [0.1, 0.15) is 58.6 Å². The normalized spacial score (nSPS) is 16.6. The van der Waals surface area contributed by atoms with E-state index in [0.717, 1.165) is 43.6 Å². The summed E-state index contributed by atoms with van der Waals surface area (Å²) in [6.45, 7) is 15.5. The van der Waals surface area contributed by atoms with E-state index in [4.69, 9.17) is 14.2 Å². The molecule has 1 unspecified atom stereocenters. The van der Waals surface area contributed by atoms with Crippen LogP contribution in [0, 0.1) is 18.8 Å². The average Bonchev–Trinajstić information content (AvgIpc) is 2.57. The van der Waals surface area contributed by atoms with Crippen LogP contribution in [-0.2, 0) is 15.9 Å². The minimum absolute atomic E-state index is 0.0352. The number of hydrogen-bond acceptors (Lipinski definition) is 4. The number of rotatable bonds is 8. The second kappa shape index (κ2) is 10.8. The Balaban J connectivity index is 0.000000257. The first kappa shape index (κ1) is 21.9. The summed E-state index contributed by atoms with van der Waals surface area (Å²) in [4.78, 5) is 4.15. The van der Waals surface area contributed by atoms with Crippen molar-refractivity contribution in [3.8, 4) is 5.88 Å². The molecule has 0 N–H and O–H groups in total.